The van der Waals surface area contributed by atoms with Crippen LogP contribution in [0.2, 0.25) is 0 Å². The van der Waals surface area contributed by atoms with E-state index in [0.717, 1.165) is 5.56 Å². The van der Waals surface area contributed by atoms with E-state index in [1.807, 2.05) is 12.1 Å². The number of nitrogens with zero attached hydrogens (tertiary/aromatic N) is 1. The molecule has 2 rings (SSSR count). The molecule has 0 aliphatic heterocycles. The topological polar surface area (TPSA) is 59.0 Å². The van der Waals surface area contributed by atoms with Crippen LogP contribution in [0, 0.1) is 17.1 Å². The van der Waals surface area contributed by atoms with Gasteiger partial charge in [0.2, 0.25) is 0 Å². The molecule has 20 heavy (non-hydrogen) atoms. The maximum atomic E-state index is 13.2. The van der Waals surface area contributed by atoms with Crippen LogP contribution >= 0.6 is 0 Å². The van der Waals surface area contributed by atoms with E-state index >= 15 is 0 Å². The first kappa shape index (κ1) is 14.0. The molecule has 102 valence electrons. The van der Waals surface area contributed by atoms with Gasteiger partial charge in [0.1, 0.15) is 18.2 Å². The number of halogens is 1. The molecule has 1 atom stereocenters. The van der Waals surface area contributed by atoms with Gasteiger partial charge >= 0.3 is 0 Å². The Bertz CT molecular complexity index is 647. The highest BCUT2D eigenvalue weighted by Crippen LogP contribution is 2.25. The number of nitriles is 1. The Hall–Kier alpha value is -2.38. The molecule has 0 bridgehead atoms. The first-order valence-corrected chi connectivity index (χ1v) is 6.27. The summed E-state index contributed by atoms with van der Waals surface area (Å²) in [5, 5.41) is 9.02. The van der Waals surface area contributed by atoms with E-state index < -0.39 is 0 Å². The van der Waals surface area contributed by atoms with Crippen LogP contribution in [0.25, 0.3) is 0 Å². The quantitative estimate of drug-likeness (QED) is 0.927. The molecule has 2 aromatic carbocycles. The standard InChI is InChI=1S/C16H15FN2O/c1-11(19)15-8-14(17)6-7-16(15)20-10-13-5-3-2-4-12(13)9-18/h2-8,11H,10,19H2,1H3/t11-/m0/s1. The predicted molar refractivity (Wildman–Crippen MR) is 74.5 cm³/mol. The lowest BCUT2D eigenvalue weighted by Crippen LogP contribution is -2.09. The zero-order chi connectivity index (χ0) is 14.5. The molecule has 2 N–H and O–H groups in total. The van der Waals surface area contributed by atoms with E-state index in [1.54, 1.807) is 25.1 Å². The van der Waals surface area contributed by atoms with Crippen LogP contribution in [0.4, 0.5) is 4.39 Å². The average Bonchev–Trinajstić information content (AvgIpc) is 2.46. The third kappa shape index (κ3) is 3.14. The second kappa shape index (κ2) is 6.18. The third-order valence-electron chi connectivity index (χ3n) is 2.98. The maximum Gasteiger partial charge on any atom is 0.124 e. The number of hydrogen-bond donors (Lipinski definition) is 1. The zero-order valence-electron chi connectivity index (χ0n) is 11.1. The highest BCUT2D eigenvalue weighted by Gasteiger charge is 2.10. The fraction of sp³-hybridized carbons (Fsp3) is 0.188. The summed E-state index contributed by atoms with van der Waals surface area (Å²) in [5.41, 5.74) is 7.77. The molecular formula is C16H15FN2O. The van der Waals surface area contributed by atoms with Gasteiger partial charge in [-0.1, -0.05) is 18.2 Å². The summed E-state index contributed by atoms with van der Waals surface area (Å²) in [7, 11) is 0. The van der Waals surface area contributed by atoms with Gasteiger partial charge in [0.05, 0.1) is 11.6 Å². The summed E-state index contributed by atoms with van der Waals surface area (Å²) < 4.78 is 18.9. The smallest absolute Gasteiger partial charge is 0.124 e. The van der Waals surface area contributed by atoms with Crippen LogP contribution in [0.1, 0.15) is 29.7 Å². The van der Waals surface area contributed by atoms with Gasteiger partial charge in [0, 0.05) is 17.2 Å². The molecule has 0 aliphatic rings. The van der Waals surface area contributed by atoms with E-state index in [1.165, 1.54) is 12.1 Å². The normalized spacial score (nSPS) is 11.7. The fourth-order valence-electron chi connectivity index (χ4n) is 1.92. The summed E-state index contributed by atoms with van der Waals surface area (Å²) in [6.07, 6.45) is 0. The van der Waals surface area contributed by atoms with E-state index in [9.17, 15) is 4.39 Å². The lowest BCUT2D eigenvalue weighted by atomic mass is 10.1. The average molecular weight is 270 g/mol. The first-order chi connectivity index (χ1) is 9.61. The molecule has 0 heterocycles. The van der Waals surface area contributed by atoms with E-state index in [2.05, 4.69) is 6.07 Å². The second-order valence-electron chi connectivity index (χ2n) is 4.53. The molecule has 0 aromatic heterocycles. The first-order valence-electron chi connectivity index (χ1n) is 6.27. The molecule has 0 spiro atoms. The van der Waals surface area contributed by atoms with Crippen LogP contribution in [-0.2, 0) is 6.61 Å². The van der Waals surface area contributed by atoms with Gasteiger partial charge < -0.3 is 10.5 Å². The molecule has 0 fully saturated rings. The summed E-state index contributed by atoms with van der Waals surface area (Å²) >= 11 is 0. The largest absolute Gasteiger partial charge is 0.489 e. The molecule has 0 saturated heterocycles. The molecule has 0 saturated carbocycles. The van der Waals surface area contributed by atoms with Crippen LogP contribution in [0.3, 0.4) is 0 Å². The molecule has 0 radical (unpaired) electrons. The minimum absolute atomic E-state index is 0.245. The predicted octanol–water partition coefficient (Wildman–Crippen LogP) is 3.30. The van der Waals surface area contributed by atoms with E-state index in [4.69, 9.17) is 15.7 Å². The van der Waals surface area contributed by atoms with Crippen molar-refractivity contribution in [1.29, 1.82) is 5.26 Å². The van der Waals surface area contributed by atoms with Gasteiger partial charge in [0.15, 0.2) is 0 Å². The molecule has 4 heteroatoms. The maximum absolute atomic E-state index is 13.2. The van der Waals surface area contributed by atoms with Crippen molar-refractivity contribution < 1.29 is 9.13 Å². The summed E-state index contributed by atoms with van der Waals surface area (Å²) in [6.45, 7) is 2.01. The highest BCUT2D eigenvalue weighted by molar-refractivity contribution is 5.39. The van der Waals surface area contributed by atoms with Gasteiger partial charge in [-0.15, -0.1) is 0 Å². The molecular weight excluding hydrogens is 255 g/mol. The van der Waals surface area contributed by atoms with Crippen molar-refractivity contribution >= 4 is 0 Å². The molecule has 0 amide bonds. The fourth-order valence-corrected chi connectivity index (χ4v) is 1.92. The summed E-state index contributed by atoms with van der Waals surface area (Å²) in [5.74, 6) is 0.191. The summed E-state index contributed by atoms with van der Waals surface area (Å²) in [4.78, 5) is 0. The lowest BCUT2D eigenvalue weighted by molar-refractivity contribution is 0.300. The van der Waals surface area contributed by atoms with Crippen LogP contribution in [0.5, 0.6) is 5.75 Å². The zero-order valence-corrected chi connectivity index (χ0v) is 11.1. The van der Waals surface area contributed by atoms with Crippen molar-refractivity contribution in [2.24, 2.45) is 5.73 Å². The SMILES string of the molecule is C[C@H](N)c1cc(F)ccc1OCc1ccccc1C#N. The Kier molecular flexibility index (Phi) is 4.34. The molecule has 0 unspecified atom stereocenters. The Labute approximate surface area is 117 Å². The van der Waals surface area contributed by atoms with Gasteiger partial charge in [-0.25, -0.2) is 4.39 Å². The lowest BCUT2D eigenvalue weighted by Gasteiger charge is -2.14. The van der Waals surface area contributed by atoms with Gasteiger partial charge in [-0.05, 0) is 31.2 Å². The Morgan fingerprint density at radius 1 is 1.30 bits per heavy atom. The molecule has 3 nitrogen and oxygen atoms in total. The van der Waals surface area contributed by atoms with Crippen molar-refractivity contribution in [2.75, 3.05) is 0 Å². The van der Waals surface area contributed by atoms with Crippen molar-refractivity contribution in [2.45, 2.75) is 19.6 Å². The number of nitrogens with two attached hydrogens (primary N) is 1. The van der Waals surface area contributed by atoms with E-state index in [-0.39, 0.29) is 18.5 Å². The third-order valence-corrected chi connectivity index (χ3v) is 2.98. The van der Waals surface area contributed by atoms with Crippen LogP contribution in [-0.4, -0.2) is 0 Å². The number of hydrogen-bond acceptors (Lipinski definition) is 3. The number of benzene rings is 2. The van der Waals surface area contributed by atoms with E-state index in [0.29, 0.717) is 16.9 Å². The van der Waals surface area contributed by atoms with Crippen LogP contribution in [0.15, 0.2) is 42.5 Å². The Morgan fingerprint density at radius 3 is 2.75 bits per heavy atom. The van der Waals surface area contributed by atoms with Gasteiger partial charge in [0.25, 0.3) is 0 Å². The van der Waals surface area contributed by atoms with Crippen molar-refractivity contribution in [3.8, 4) is 11.8 Å². The van der Waals surface area contributed by atoms with Crippen molar-refractivity contribution in [3.05, 3.63) is 65.0 Å². The van der Waals surface area contributed by atoms with Gasteiger partial charge in [-0.3, -0.25) is 0 Å². The molecule has 0 aliphatic carbocycles. The second-order valence-corrected chi connectivity index (χ2v) is 4.53. The summed E-state index contributed by atoms with van der Waals surface area (Å²) in [6, 6.07) is 13.2. The minimum atomic E-state index is -0.345. The minimum Gasteiger partial charge on any atom is -0.489 e. The molecule has 2 aromatic rings. The highest BCUT2D eigenvalue weighted by atomic mass is 19.1. The monoisotopic (exact) mass is 270 g/mol. The van der Waals surface area contributed by atoms with Gasteiger partial charge in [-0.2, -0.15) is 5.26 Å². The van der Waals surface area contributed by atoms with Crippen LogP contribution < -0.4 is 10.5 Å². The number of ether oxygens (including phenoxy) is 1. The number of rotatable bonds is 4. The Balaban J connectivity index is 2.21. The van der Waals surface area contributed by atoms with Crippen molar-refractivity contribution in [1.82, 2.24) is 0 Å². The Morgan fingerprint density at radius 2 is 2.05 bits per heavy atom. The van der Waals surface area contributed by atoms with Crippen molar-refractivity contribution in [3.63, 3.8) is 0 Å².